The van der Waals surface area contributed by atoms with E-state index < -0.39 is 0 Å². The third-order valence-electron chi connectivity index (χ3n) is 3.51. The van der Waals surface area contributed by atoms with Crippen LogP contribution in [0, 0.1) is 0 Å². The van der Waals surface area contributed by atoms with Gasteiger partial charge in [-0.1, -0.05) is 6.07 Å². The Kier molecular flexibility index (Phi) is 9.02. The molecule has 22 heavy (non-hydrogen) atoms. The molecule has 0 unspecified atom stereocenters. The largest absolute Gasteiger partial charge is 0.399 e. The molecule has 0 bridgehead atoms. The Labute approximate surface area is 149 Å². The molecule has 1 aliphatic heterocycles. The fourth-order valence-corrected chi connectivity index (χ4v) is 2.42. The van der Waals surface area contributed by atoms with Crippen LogP contribution < -0.4 is 15.5 Å². The summed E-state index contributed by atoms with van der Waals surface area (Å²) in [7, 11) is 0. The van der Waals surface area contributed by atoms with Crippen molar-refractivity contribution >= 4 is 54.4 Å². The standard InChI is InChI=1S/C15H18N4.3ClH/c16-13-4-6-14(7-5-13)18-9-11-19(12-10-18)15-3-1-2-8-17-15;;;/h1-8H,9-12,16H2;3*1H. The van der Waals surface area contributed by atoms with Crippen LogP contribution in [0.15, 0.2) is 48.7 Å². The second-order valence-corrected chi connectivity index (χ2v) is 4.75. The van der Waals surface area contributed by atoms with Gasteiger partial charge in [0, 0.05) is 43.8 Å². The maximum atomic E-state index is 5.72. The quantitative estimate of drug-likeness (QED) is 0.832. The van der Waals surface area contributed by atoms with Crippen molar-refractivity contribution in [1.29, 1.82) is 0 Å². The van der Waals surface area contributed by atoms with Crippen LogP contribution in [0.2, 0.25) is 0 Å². The number of hydrogen-bond acceptors (Lipinski definition) is 4. The van der Waals surface area contributed by atoms with Gasteiger partial charge in [0.1, 0.15) is 5.82 Å². The summed E-state index contributed by atoms with van der Waals surface area (Å²) < 4.78 is 0. The molecule has 2 aromatic rings. The number of nitrogens with two attached hydrogens (primary N) is 1. The van der Waals surface area contributed by atoms with E-state index in [4.69, 9.17) is 5.73 Å². The van der Waals surface area contributed by atoms with Gasteiger partial charge in [0.2, 0.25) is 0 Å². The average Bonchev–Trinajstić information content (AvgIpc) is 2.49. The van der Waals surface area contributed by atoms with E-state index in [0.29, 0.717) is 0 Å². The molecule has 0 aliphatic carbocycles. The monoisotopic (exact) mass is 362 g/mol. The first-order chi connectivity index (χ1) is 9.33. The smallest absolute Gasteiger partial charge is 0.128 e. The highest BCUT2D eigenvalue weighted by molar-refractivity contribution is 5.86. The van der Waals surface area contributed by atoms with Gasteiger partial charge in [0.15, 0.2) is 0 Å². The van der Waals surface area contributed by atoms with Gasteiger partial charge in [-0.3, -0.25) is 0 Å². The molecule has 2 heterocycles. The van der Waals surface area contributed by atoms with Crippen molar-refractivity contribution in [3.8, 4) is 0 Å². The molecular weight excluding hydrogens is 343 g/mol. The van der Waals surface area contributed by atoms with Crippen LogP contribution in [0.4, 0.5) is 17.2 Å². The van der Waals surface area contributed by atoms with Crippen molar-refractivity contribution in [3.05, 3.63) is 48.7 Å². The molecule has 1 aromatic heterocycles. The maximum absolute atomic E-state index is 5.72. The first-order valence-corrected chi connectivity index (χ1v) is 6.59. The van der Waals surface area contributed by atoms with E-state index in [9.17, 15) is 0 Å². The second-order valence-electron chi connectivity index (χ2n) is 4.75. The molecule has 3 rings (SSSR count). The minimum absolute atomic E-state index is 0. The number of pyridine rings is 1. The Morgan fingerprint density at radius 3 is 1.91 bits per heavy atom. The van der Waals surface area contributed by atoms with E-state index in [0.717, 1.165) is 37.7 Å². The van der Waals surface area contributed by atoms with Gasteiger partial charge in [-0.05, 0) is 36.4 Å². The Hall–Kier alpha value is -1.36. The van der Waals surface area contributed by atoms with Gasteiger partial charge < -0.3 is 15.5 Å². The topological polar surface area (TPSA) is 45.4 Å². The van der Waals surface area contributed by atoms with Crippen LogP contribution in [0.25, 0.3) is 0 Å². The highest BCUT2D eigenvalue weighted by Crippen LogP contribution is 2.20. The van der Waals surface area contributed by atoms with Crippen molar-refractivity contribution in [3.63, 3.8) is 0 Å². The fraction of sp³-hybridized carbons (Fsp3) is 0.267. The molecule has 1 aromatic carbocycles. The molecule has 7 heteroatoms. The number of benzene rings is 1. The van der Waals surface area contributed by atoms with Crippen molar-refractivity contribution in [1.82, 2.24) is 4.98 Å². The van der Waals surface area contributed by atoms with E-state index in [1.807, 2.05) is 30.5 Å². The van der Waals surface area contributed by atoms with Crippen molar-refractivity contribution in [2.24, 2.45) is 0 Å². The molecule has 0 spiro atoms. The van der Waals surface area contributed by atoms with E-state index in [-0.39, 0.29) is 37.2 Å². The van der Waals surface area contributed by atoms with Crippen molar-refractivity contribution in [2.45, 2.75) is 0 Å². The number of nitrogens with zero attached hydrogens (tertiary/aromatic N) is 3. The first kappa shape index (κ1) is 20.6. The van der Waals surface area contributed by atoms with E-state index in [1.54, 1.807) is 0 Å². The van der Waals surface area contributed by atoms with Gasteiger partial charge in [-0.15, -0.1) is 37.2 Å². The number of hydrogen-bond donors (Lipinski definition) is 1. The lowest BCUT2D eigenvalue weighted by Crippen LogP contribution is -2.46. The molecule has 4 nitrogen and oxygen atoms in total. The Bertz CT molecular complexity index is 528. The highest BCUT2D eigenvalue weighted by atomic mass is 35.5. The summed E-state index contributed by atoms with van der Waals surface area (Å²) in [5.74, 6) is 1.07. The molecule has 0 saturated carbocycles. The van der Waals surface area contributed by atoms with Crippen LogP contribution in [0.1, 0.15) is 0 Å². The van der Waals surface area contributed by atoms with E-state index in [1.165, 1.54) is 5.69 Å². The Morgan fingerprint density at radius 1 is 0.773 bits per heavy atom. The second kappa shape index (κ2) is 9.62. The number of piperazine rings is 1. The maximum Gasteiger partial charge on any atom is 0.128 e. The summed E-state index contributed by atoms with van der Waals surface area (Å²) in [6.45, 7) is 4.03. The molecule has 0 atom stereocenters. The van der Waals surface area contributed by atoms with Crippen LogP contribution >= 0.6 is 37.2 Å². The minimum atomic E-state index is 0. The van der Waals surface area contributed by atoms with Crippen LogP contribution in [0.5, 0.6) is 0 Å². The van der Waals surface area contributed by atoms with Crippen LogP contribution in [-0.4, -0.2) is 31.2 Å². The minimum Gasteiger partial charge on any atom is -0.399 e. The Balaban J connectivity index is 0.00000147. The molecule has 0 amide bonds. The number of anilines is 3. The van der Waals surface area contributed by atoms with Gasteiger partial charge in [-0.2, -0.15) is 0 Å². The number of nitrogen functional groups attached to an aromatic ring is 1. The molecule has 122 valence electrons. The predicted octanol–water partition coefficient (Wildman–Crippen LogP) is 3.26. The normalized spacial score (nSPS) is 13.5. The molecular formula is C15H21Cl3N4. The lowest BCUT2D eigenvalue weighted by Gasteiger charge is -2.36. The van der Waals surface area contributed by atoms with Crippen LogP contribution in [0.3, 0.4) is 0 Å². The number of rotatable bonds is 2. The third-order valence-corrected chi connectivity index (χ3v) is 3.51. The predicted molar refractivity (Wildman–Crippen MR) is 101 cm³/mol. The summed E-state index contributed by atoms with van der Waals surface area (Å²) in [5.41, 5.74) is 7.78. The summed E-state index contributed by atoms with van der Waals surface area (Å²) in [6.07, 6.45) is 1.85. The third kappa shape index (κ3) is 4.83. The molecule has 1 saturated heterocycles. The van der Waals surface area contributed by atoms with Gasteiger partial charge in [-0.25, -0.2) is 4.98 Å². The zero-order valence-corrected chi connectivity index (χ0v) is 14.5. The van der Waals surface area contributed by atoms with Crippen molar-refractivity contribution in [2.75, 3.05) is 41.7 Å². The molecule has 1 aliphatic rings. The number of aromatic nitrogens is 1. The zero-order valence-electron chi connectivity index (χ0n) is 12.1. The lowest BCUT2D eigenvalue weighted by atomic mass is 10.2. The van der Waals surface area contributed by atoms with Gasteiger partial charge >= 0.3 is 0 Å². The molecule has 1 fully saturated rings. The molecule has 0 radical (unpaired) electrons. The van der Waals surface area contributed by atoms with Gasteiger partial charge in [0.05, 0.1) is 0 Å². The van der Waals surface area contributed by atoms with Crippen molar-refractivity contribution < 1.29 is 0 Å². The summed E-state index contributed by atoms with van der Waals surface area (Å²) >= 11 is 0. The Morgan fingerprint density at radius 2 is 1.36 bits per heavy atom. The highest BCUT2D eigenvalue weighted by Gasteiger charge is 2.17. The summed E-state index contributed by atoms with van der Waals surface area (Å²) in [6, 6.07) is 14.2. The first-order valence-electron chi connectivity index (χ1n) is 6.59. The van der Waals surface area contributed by atoms with E-state index >= 15 is 0 Å². The SMILES string of the molecule is Cl.Cl.Cl.Nc1ccc(N2CCN(c3ccccn3)CC2)cc1. The van der Waals surface area contributed by atoms with Gasteiger partial charge in [0.25, 0.3) is 0 Å². The lowest BCUT2D eigenvalue weighted by molar-refractivity contribution is 0.647. The zero-order chi connectivity index (χ0) is 13.1. The molecule has 2 N–H and O–H groups in total. The average molecular weight is 364 g/mol. The van der Waals surface area contributed by atoms with E-state index in [2.05, 4.69) is 33.0 Å². The summed E-state index contributed by atoms with van der Waals surface area (Å²) in [5, 5.41) is 0. The fourth-order valence-electron chi connectivity index (χ4n) is 2.42. The summed E-state index contributed by atoms with van der Waals surface area (Å²) in [4.78, 5) is 9.12. The van der Waals surface area contributed by atoms with Crippen LogP contribution in [-0.2, 0) is 0 Å². The number of halogens is 3.